The molecule has 3 aromatic rings. The number of anilines is 1. The zero-order chi connectivity index (χ0) is 15.2. The standard InChI is InChI=1S/C17H16N2O2S/c18-15-12-13(17-19-8-11-22-17)6-7-16(15)21-10-9-20-14-4-2-1-3-5-14/h1-8,11-12H,9-10,18H2. The van der Waals surface area contributed by atoms with Gasteiger partial charge in [0.25, 0.3) is 0 Å². The maximum absolute atomic E-state index is 6.03. The number of nitrogen functional groups attached to an aromatic ring is 1. The molecule has 0 spiro atoms. The molecule has 0 saturated carbocycles. The summed E-state index contributed by atoms with van der Waals surface area (Å²) in [5.74, 6) is 1.50. The van der Waals surface area contributed by atoms with Crippen LogP contribution in [0.25, 0.3) is 10.6 Å². The summed E-state index contributed by atoms with van der Waals surface area (Å²) in [6, 6.07) is 15.4. The second-order valence-corrected chi connectivity index (χ2v) is 5.49. The first-order chi connectivity index (χ1) is 10.8. The van der Waals surface area contributed by atoms with Gasteiger partial charge in [-0.2, -0.15) is 0 Å². The third-order valence-electron chi connectivity index (χ3n) is 3.04. The van der Waals surface area contributed by atoms with Crippen molar-refractivity contribution in [3.63, 3.8) is 0 Å². The molecule has 1 aromatic heterocycles. The molecule has 0 bridgehead atoms. The van der Waals surface area contributed by atoms with Crippen LogP contribution in [-0.4, -0.2) is 18.2 Å². The molecule has 1 heterocycles. The van der Waals surface area contributed by atoms with E-state index >= 15 is 0 Å². The molecule has 0 atom stereocenters. The molecule has 0 aliphatic heterocycles. The van der Waals surface area contributed by atoms with E-state index in [1.54, 1.807) is 17.5 Å². The van der Waals surface area contributed by atoms with Crippen LogP contribution < -0.4 is 15.2 Å². The van der Waals surface area contributed by atoms with Gasteiger partial charge in [-0.25, -0.2) is 4.98 Å². The minimum absolute atomic E-state index is 0.440. The van der Waals surface area contributed by atoms with Gasteiger partial charge in [0.1, 0.15) is 29.7 Å². The molecule has 0 radical (unpaired) electrons. The zero-order valence-electron chi connectivity index (χ0n) is 11.9. The van der Waals surface area contributed by atoms with E-state index in [1.807, 2.05) is 53.9 Å². The minimum Gasteiger partial charge on any atom is -0.490 e. The Labute approximate surface area is 133 Å². The van der Waals surface area contributed by atoms with Gasteiger partial charge in [0.05, 0.1) is 5.69 Å². The van der Waals surface area contributed by atoms with Crippen LogP contribution in [0.2, 0.25) is 0 Å². The molecule has 3 rings (SSSR count). The molecule has 0 aliphatic carbocycles. The number of rotatable bonds is 6. The topological polar surface area (TPSA) is 57.4 Å². The van der Waals surface area contributed by atoms with Crippen LogP contribution in [0, 0.1) is 0 Å². The van der Waals surface area contributed by atoms with Crippen LogP contribution in [-0.2, 0) is 0 Å². The predicted octanol–water partition coefficient (Wildman–Crippen LogP) is 3.85. The second-order valence-electron chi connectivity index (χ2n) is 4.60. The van der Waals surface area contributed by atoms with Crippen molar-refractivity contribution >= 4 is 17.0 Å². The van der Waals surface area contributed by atoms with Crippen LogP contribution in [0.5, 0.6) is 11.5 Å². The minimum atomic E-state index is 0.440. The lowest BCUT2D eigenvalue weighted by atomic mass is 10.2. The Bertz CT molecular complexity index is 715. The number of nitrogens with zero attached hydrogens (tertiary/aromatic N) is 1. The third-order valence-corrected chi connectivity index (χ3v) is 3.86. The predicted molar refractivity (Wildman–Crippen MR) is 89.4 cm³/mol. The van der Waals surface area contributed by atoms with E-state index in [4.69, 9.17) is 15.2 Å². The number of thiazole rings is 1. The van der Waals surface area contributed by atoms with Crippen molar-refractivity contribution in [2.45, 2.75) is 0 Å². The van der Waals surface area contributed by atoms with Crippen LogP contribution in [0.1, 0.15) is 0 Å². The maximum atomic E-state index is 6.03. The summed E-state index contributed by atoms with van der Waals surface area (Å²) in [7, 11) is 0. The number of hydrogen-bond donors (Lipinski definition) is 1. The average molecular weight is 312 g/mol. The summed E-state index contributed by atoms with van der Waals surface area (Å²) in [5, 5.41) is 2.89. The third kappa shape index (κ3) is 3.56. The van der Waals surface area contributed by atoms with Gasteiger partial charge in [0.2, 0.25) is 0 Å². The monoisotopic (exact) mass is 312 g/mol. The molecule has 112 valence electrons. The molecule has 4 nitrogen and oxygen atoms in total. The summed E-state index contributed by atoms with van der Waals surface area (Å²) in [6.07, 6.45) is 1.78. The fraction of sp³-hybridized carbons (Fsp3) is 0.118. The van der Waals surface area contributed by atoms with E-state index in [9.17, 15) is 0 Å². The summed E-state index contributed by atoms with van der Waals surface area (Å²) >= 11 is 1.58. The first-order valence-electron chi connectivity index (χ1n) is 6.93. The summed E-state index contributed by atoms with van der Waals surface area (Å²) in [5.41, 5.74) is 7.64. The highest BCUT2D eigenvalue weighted by atomic mass is 32.1. The molecule has 0 unspecified atom stereocenters. The molecule has 0 aliphatic rings. The van der Waals surface area contributed by atoms with Gasteiger partial charge in [-0.05, 0) is 30.3 Å². The number of ether oxygens (including phenoxy) is 2. The van der Waals surface area contributed by atoms with Gasteiger partial charge in [-0.3, -0.25) is 0 Å². The number of hydrogen-bond acceptors (Lipinski definition) is 5. The fourth-order valence-corrected chi connectivity index (χ4v) is 2.64. The van der Waals surface area contributed by atoms with E-state index in [0.717, 1.165) is 16.3 Å². The van der Waals surface area contributed by atoms with Crippen LogP contribution >= 0.6 is 11.3 Å². The lowest BCUT2D eigenvalue weighted by Crippen LogP contribution is -2.09. The van der Waals surface area contributed by atoms with Gasteiger partial charge < -0.3 is 15.2 Å². The van der Waals surface area contributed by atoms with Crippen molar-refractivity contribution in [3.05, 3.63) is 60.1 Å². The number of aromatic nitrogens is 1. The molecule has 2 aromatic carbocycles. The molecular formula is C17H16N2O2S. The van der Waals surface area contributed by atoms with Gasteiger partial charge in [0.15, 0.2) is 0 Å². The highest BCUT2D eigenvalue weighted by Gasteiger charge is 2.05. The van der Waals surface area contributed by atoms with Crippen LogP contribution in [0.4, 0.5) is 5.69 Å². The van der Waals surface area contributed by atoms with Crippen LogP contribution in [0.15, 0.2) is 60.1 Å². The molecule has 0 amide bonds. The first kappa shape index (κ1) is 14.4. The van der Waals surface area contributed by atoms with Gasteiger partial charge in [-0.1, -0.05) is 18.2 Å². The fourth-order valence-electron chi connectivity index (χ4n) is 2.01. The highest BCUT2D eigenvalue weighted by Crippen LogP contribution is 2.29. The smallest absolute Gasteiger partial charge is 0.142 e. The Balaban J connectivity index is 1.55. The Morgan fingerprint density at radius 2 is 1.82 bits per heavy atom. The van der Waals surface area contributed by atoms with E-state index < -0.39 is 0 Å². The average Bonchev–Trinajstić information content (AvgIpc) is 3.08. The molecule has 22 heavy (non-hydrogen) atoms. The largest absolute Gasteiger partial charge is 0.490 e. The summed E-state index contributed by atoms with van der Waals surface area (Å²) in [6.45, 7) is 0.910. The van der Waals surface area contributed by atoms with E-state index in [-0.39, 0.29) is 0 Å². The highest BCUT2D eigenvalue weighted by molar-refractivity contribution is 7.13. The van der Waals surface area contributed by atoms with Crippen molar-refractivity contribution in [1.29, 1.82) is 0 Å². The molecule has 2 N–H and O–H groups in total. The van der Waals surface area contributed by atoms with Crippen molar-refractivity contribution in [3.8, 4) is 22.1 Å². The number of benzene rings is 2. The maximum Gasteiger partial charge on any atom is 0.142 e. The zero-order valence-corrected chi connectivity index (χ0v) is 12.8. The number of para-hydroxylation sites is 1. The van der Waals surface area contributed by atoms with E-state index in [1.165, 1.54) is 0 Å². The summed E-state index contributed by atoms with van der Waals surface area (Å²) in [4.78, 5) is 4.27. The Kier molecular flexibility index (Phi) is 4.56. The molecular weight excluding hydrogens is 296 g/mol. The lowest BCUT2D eigenvalue weighted by Gasteiger charge is -2.11. The molecule has 0 fully saturated rings. The summed E-state index contributed by atoms with van der Waals surface area (Å²) < 4.78 is 11.2. The Morgan fingerprint density at radius 1 is 1.00 bits per heavy atom. The van der Waals surface area contributed by atoms with Crippen molar-refractivity contribution in [2.24, 2.45) is 0 Å². The normalized spacial score (nSPS) is 10.4. The van der Waals surface area contributed by atoms with Crippen molar-refractivity contribution < 1.29 is 9.47 Å². The Hall–Kier alpha value is -2.53. The molecule has 5 heteroatoms. The first-order valence-corrected chi connectivity index (χ1v) is 7.81. The molecule has 0 saturated heterocycles. The number of nitrogens with two attached hydrogens (primary N) is 1. The van der Waals surface area contributed by atoms with Crippen LogP contribution in [0.3, 0.4) is 0 Å². The Morgan fingerprint density at radius 3 is 2.55 bits per heavy atom. The SMILES string of the molecule is Nc1cc(-c2nccs2)ccc1OCCOc1ccccc1. The quantitative estimate of drug-likeness (QED) is 0.555. The van der Waals surface area contributed by atoms with E-state index in [0.29, 0.717) is 24.7 Å². The van der Waals surface area contributed by atoms with Gasteiger partial charge in [-0.15, -0.1) is 11.3 Å². The van der Waals surface area contributed by atoms with Gasteiger partial charge >= 0.3 is 0 Å². The van der Waals surface area contributed by atoms with Crippen molar-refractivity contribution in [2.75, 3.05) is 18.9 Å². The van der Waals surface area contributed by atoms with Crippen molar-refractivity contribution in [1.82, 2.24) is 4.98 Å². The lowest BCUT2D eigenvalue weighted by molar-refractivity contribution is 0.218. The second kappa shape index (κ2) is 6.95. The van der Waals surface area contributed by atoms with E-state index in [2.05, 4.69) is 4.98 Å². The van der Waals surface area contributed by atoms with Gasteiger partial charge in [0, 0.05) is 17.1 Å².